The second-order valence-corrected chi connectivity index (χ2v) is 5.52. The van der Waals surface area contributed by atoms with Crippen molar-refractivity contribution in [3.8, 4) is 0 Å². The first kappa shape index (κ1) is 13.0. The van der Waals surface area contributed by atoms with E-state index < -0.39 is 0 Å². The van der Waals surface area contributed by atoms with E-state index >= 15 is 0 Å². The number of aryl methyl sites for hydroxylation is 1. The number of nitrogen functional groups attached to an aromatic ring is 1. The molecule has 0 unspecified atom stereocenters. The number of halogens is 1. The molecule has 0 spiro atoms. The Morgan fingerprint density at radius 2 is 2.28 bits per heavy atom. The van der Waals surface area contributed by atoms with Crippen molar-refractivity contribution in [1.82, 2.24) is 10.2 Å². The predicted octanol–water partition coefficient (Wildman–Crippen LogP) is 2.70. The van der Waals surface area contributed by atoms with Crippen molar-refractivity contribution >= 4 is 44.0 Å². The number of nitrogens with zero attached hydrogens (tertiary/aromatic N) is 2. The van der Waals surface area contributed by atoms with E-state index in [0.717, 1.165) is 15.9 Å². The number of anilines is 2. The molecule has 0 radical (unpaired) electrons. The molecule has 0 aliphatic rings. The summed E-state index contributed by atoms with van der Waals surface area (Å²) in [5.41, 5.74) is 6.60. The first-order chi connectivity index (χ1) is 8.60. The summed E-state index contributed by atoms with van der Waals surface area (Å²) < 4.78 is 0.799. The van der Waals surface area contributed by atoms with Crippen LogP contribution in [0.4, 0.5) is 10.8 Å². The molecule has 2 rings (SSSR count). The zero-order chi connectivity index (χ0) is 13.1. The lowest BCUT2D eigenvalue weighted by Gasteiger charge is -2.05. The molecule has 0 atom stereocenters. The van der Waals surface area contributed by atoms with E-state index in [2.05, 4.69) is 31.4 Å². The minimum absolute atomic E-state index is 0.285. The second-order valence-electron chi connectivity index (χ2n) is 3.54. The third-order valence-corrected chi connectivity index (χ3v) is 3.73. The average Bonchev–Trinajstić information content (AvgIpc) is 2.80. The lowest BCUT2D eigenvalue weighted by molar-refractivity contribution is 0.102. The van der Waals surface area contributed by atoms with Crippen LogP contribution in [0.2, 0.25) is 0 Å². The Morgan fingerprint density at radius 1 is 1.50 bits per heavy atom. The van der Waals surface area contributed by atoms with Crippen LogP contribution < -0.4 is 11.1 Å². The summed E-state index contributed by atoms with van der Waals surface area (Å²) in [5.74, 6) is -0.285. The smallest absolute Gasteiger partial charge is 0.259 e. The predicted molar refractivity (Wildman–Crippen MR) is 75.8 cm³/mol. The highest BCUT2D eigenvalue weighted by molar-refractivity contribution is 9.10. The van der Waals surface area contributed by atoms with Gasteiger partial charge in [0.05, 0.1) is 5.56 Å². The molecule has 3 N–H and O–H groups in total. The lowest BCUT2D eigenvalue weighted by atomic mass is 10.2. The monoisotopic (exact) mass is 326 g/mol. The number of hydrogen-bond donors (Lipinski definition) is 2. The topological polar surface area (TPSA) is 80.9 Å². The van der Waals surface area contributed by atoms with E-state index in [1.54, 1.807) is 18.2 Å². The normalized spacial score (nSPS) is 10.3. The molecule has 5 nitrogen and oxygen atoms in total. The highest BCUT2D eigenvalue weighted by Crippen LogP contribution is 2.21. The maximum atomic E-state index is 12.0. The van der Waals surface area contributed by atoms with Gasteiger partial charge in [-0.25, -0.2) is 0 Å². The second kappa shape index (κ2) is 5.45. The van der Waals surface area contributed by atoms with Crippen LogP contribution in [0.5, 0.6) is 0 Å². The largest absolute Gasteiger partial charge is 0.398 e. The van der Waals surface area contributed by atoms with E-state index in [-0.39, 0.29) is 5.91 Å². The number of carbonyl (C=O) groups excluding carboxylic acids is 1. The van der Waals surface area contributed by atoms with Crippen molar-refractivity contribution in [3.05, 3.63) is 33.2 Å². The molecule has 2 aromatic rings. The van der Waals surface area contributed by atoms with Gasteiger partial charge in [-0.15, -0.1) is 10.2 Å². The van der Waals surface area contributed by atoms with Crippen LogP contribution in [0.25, 0.3) is 0 Å². The van der Waals surface area contributed by atoms with E-state index in [4.69, 9.17) is 5.73 Å². The van der Waals surface area contributed by atoms with Gasteiger partial charge in [0.1, 0.15) is 5.01 Å². The van der Waals surface area contributed by atoms with Crippen LogP contribution in [-0.4, -0.2) is 16.1 Å². The van der Waals surface area contributed by atoms with Crippen LogP contribution in [-0.2, 0) is 6.42 Å². The highest BCUT2D eigenvalue weighted by Gasteiger charge is 2.12. The van der Waals surface area contributed by atoms with Gasteiger partial charge in [-0.3, -0.25) is 10.1 Å². The van der Waals surface area contributed by atoms with Gasteiger partial charge in [0.15, 0.2) is 0 Å². The number of hydrogen-bond acceptors (Lipinski definition) is 5. The molecule has 0 aliphatic carbocycles. The molecule has 1 aromatic carbocycles. The molecular weight excluding hydrogens is 316 g/mol. The van der Waals surface area contributed by atoms with Crippen LogP contribution in [0.3, 0.4) is 0 Å². The molecule has 0 bridgehead atoms. The molecule has 1 aromatic heterocycles. The van der Waals surface area contributed by atoms with Crippen molar-refractivity contribution in [3.63, 3.8) is 0 Å². The quantitative estimate of drug-likeness (QED) is 0.850. The van der Waals surface area contributed by atoms with Gasteiger partial charge in [-0.05, 0) is 24.6 Å². The van der Waals surface area contributed by atoms with E-state index in [9.17, 15) is 4.79 Å². The Hall–Kier alpha value is -1.47. The first-order valence-corrected chi connectivity index (χ1v) is 6.90. The Bertz CT molecular complexity index is 584. The minimum Gasteiger partial charge on any atom is -0.398 e. The van der Waals surface area contributed by atoms with Crippen LogP contribution in [0, 0.1) is 0 Å². The van der Waals surface area contributed by atoms with Crippen LogP contribution in [0.1, 0.15) is 22.3 Å². The zero-order valence-electron chi connectivity index (χ0n) is 9.61. The van der Waals surface area contributed by atoms with Crippen LogP contribution >= 0.6 is 27.3 Å². The first-order valence-electron chi connectivity index (χ1n) is 5.29. The van der Waals surface area contributed by atoms with Crippen LogP contribution in [0.15, 0.2) is 22.7 Å². The van der Waals surface area contributed by atoms with Crippen molar-refractivity contribution < 1.29 is 4.79 Å². The van der Waals surface area contributed by atoms with Gasteiger partial charge >= 0.3 is 0 Å². The van der Waals surface area contributed by atoms with Gasteiger partial charge in [0.2, 0.25) is 5.13 Å². The SMILES string of the molecule is CCc1nnc(NC(=O)c2cc(Br)ccc2N)s1. The van der Waals surface area contributed by atoms with Crippen molar-refractivity contribution in [2.45, 2.75) is 13.3 Å². The van der Waals surface area contributed by atoms with E-state index in [1.807, 2.05) is 6.92 Å². The fourth-order valence-electron chi connectivity index (χ4n) is 1.34. The molecule has 0 aliphatic heterocycles. The Morgan fingerprint density at radius 3 is 2.94 bits per heavy atom. The van der Waals surface area contributed by atoms with Gasteiger partial charge in [0, 0.05) is 10.2 Å². The molecular formula is C11H11BrN4OS. The summed E-state index contributed by atoms with van der Waals surface area (Å²) >= 11 is 4.66. The molecule has 0 fully saturated rings. The number of nitrogens with one attached hydrogen (secondary N) is 1. The van der Waals surface area contributed by atoms with Crippen molar-refractivity contribution in [1.29, 1.82) is 0 Å². The number of nitrogens with two attached hydrogens (primary N) is 1. The summed E-state index contributed by atoms with van der Waals surface area (Å²) in [6.45, 7) is 1.98. The molecule has 1 heterocycles. The van der Waals surface area contributed by atoms with Crippen molar-refractivity contribution in [2.75, 3.05) is 11.1 Å². The summed E-state index contributed by atoms with van der Waals surface area (Å²) in [7, 11) is 0. The van der Waals surface area contributed by atoms with Gasteiger partial charge < -0.3 is 5.73 Å². The Kier molecular flexibility index (Phi) is 3.93. The average molecular weight is 327 g/mol. The number of amides is 1. The molecule has 0 saturated heterocycles. The maximum Gasteiger partial charge on any atom is 0.259 e. The number of rotatable bonds is 3. The lowest BCUT2D eigenvalue weighted by Crippen LogP contribution is -2.13. The van der Waals surface area contributed by atoms with Gasteiger partial charge in [0.25, 0.3) is 5.91 Å². The summed E-state index contributed by atoms with van der Waals surface area (Å²) in [4.78, 5) is 12.0. The Labute approximate surface area is 117 Å². The third-order valence-electron chi connectivity index (χ3n) is 2.25. The molecule has 1 amide bonds. The zero-order valence-corrected chi connectivity index (χ0v) is 12.0. The third kappa shape index (κ3) is 2.85. The van der Waals surface area contributed by atoms with Gasteiger partial charge in [-0.2, -0.15) is 0 Å². The summed E-state index contributed by atoms with van der Waals surface area (Å²) in [5, 5.41) is 11.9. The van der Waals surface area contributed by atoms with E-state index in [0.29, 0.717) is 16.4 Å². The summed E-state index contributed by atoms with van der Waals surface area (Å²) in [6.07, 6.45) is 0.798. The molecule has 18 heavy (non-hydrogen) atoms. The Balaban J connectivity index is 2.19. The highest BCUT2D eigenvalue weighted by atomic mass is 79.9. The minimum atomic E-state index is -0.285. The molecule has 94 valence electrons. The standard InChI is InChI=1S/C11H11BrN4OS/c1-2-9-15-16-11(18-9)14-10(17)7-5-6(12)3-4-8(7)13/h3-5H,2,13H2,1H3,(H,14,16,17). The number of carbonyl (C=O) groups is 1. The molecule has 0 saturated carbocycles. The number of benzene rings is 1. The van der Waals surface area contributed by atoms with E-state index in [1.165, 1.54) is 11.3 Å². The fourth-order valence-corrected chi connectivity index (χ4v) is 2.37. The maximum absolute atomic E-state index is 12.0. The summed E-state index contributed by atoms with van der Waals surface area (Å²) in [6, 6.07) is 5.13. The molecule has 7 heteroatoms. The number of aromatic nitrogens is 2. The van der Waals surface area contributed by atoms with Crippen molar-refractivity contribution in [2.24, 2.45) is 0 Å². The fraction of sp³-hybridized carbons (Fsp3) is 0.182. The van der Waals surface area contributed by atoms with Gasteiger partial charge in [-0.1, -0.05) is 34.2 Å².